The fourth-order valence-corrected chi connectivity index (χ4v) is 2.85. The van der Waals surface area contributed by atoms with Gasteiger partial charge >= 0.3 is 11.9 Å². The molecule has 0 aromatic rings. The number of esters is 2. The van der Waals surface area contributed by atoms with Crippen molar-refractivity contribution in [1.29, 1.82) is 0 Å². The molecule has 134 valence electrons. The molecule has 0 aromatic heterocycles. The highest BCUT2D eigenvalue weighted by Gasteiger charge is 2.44. The zero-order valence-corrected chi connectivity index (χ0v) is 14.3. The van der Waals surface area contributed by atoms with E-state index >= 15 is 0 Å². The molecule has 0 spiro atoms. The number of carbonyl (C=O) groups excluding carboxylic acids is 3. The van der Waals surface area contributed by atoms with Crippen LogP contribution in [-0.4, -0.2) is 36.1 Å². The molecule has 1 fully saturated rings. The van der Waals surface area contributed by atoms with E-state index in [9.17, 15) is 14.4 Å². The lowest BCUT2D eigenvalue weighted by atomic mass is 9.91. The number of rotatable bonds is 9. The maximum Gasteiger partial charge on any atom is 0.331 e. The van der Waals surface area contributed by atoms with Gasteiger partial charge in [0.15, 0.2) is 0 Å². The Morgan fingerprint density at radius 3 is 2.42 bits per heavy atom. The minimum atomic E-state index is -1.66. The van der Waals surface area contributed by atoms with Gasteiger partial charge < -0.3 is 14.8 Å². The van der Waals surface area contributed by atoms with Gasteiger partial charge in [-0.15, -0.1) is 6.58 Å². The van der Waals surface area contributed by atoms with Crippen LogP contribution in [0.15, 0.2) is 25.3 Å². The lowest BCUT2D eigenvalue weighted by Gasteiger charge is -2.33. The van der Waals surface area contributed by atoms with Crippen molar-refractivity contribution in [2.45, 2.75) is 63.5 Å². The van der Waals surface area contributed by atoms with Crippen LogP contribution in [0.4, 0.5) is 0 Å². The summed E-state index contributed by atoms with van der Waals surface area (Å²) in [6, 6.07) is 0.0278. The number of nitrogens with one attached hydrogen (secondary N) is 1. The molecule has 0 radical (unpaired) electrons. The second-order valence-electron chi connectivity index (χ2n) is 5.90. The van der Waals surface area contributed by atoms with Gasteiger partial charge in [-0.2, -0.15) is 0 Å². The lowest BCUT2D eigenvalue weighted by Crippen LogP contribution is -2.54. The van der Waals surface area contributed by atoms with Crippen LogP contribution in [0.2, 0.25) is 0 Å². The van der Waals surface area contributed by atoms with Crippen molar-refractivity contribution in [3.8, 4) is 0 Å². The number of amides is 1. The van der Waals surface area contributed by atoms with Gasteiger partial charge in [0.2, 0.25) is 5.60 Å². The molecular weight excluding hydrogens is 310 g/mol. The van der Waals surface area contributed by atoms with E-state index in [1.54, 1.807) is 6.92 Å². The Bertz CT molecular complexity index is 482. The van der Waals surface area contributed by atoms with Crippen molar-refractivity contribution in [3.05, 3.63) is 25.3 Å². The maximum absolute atomic E-state index is 12.8. The van der Waals surface area contributed by atoms with Crippen LogP contribution >= 0.6 is 0 Å². The van der Waals surface area contributed by atoms with E-state index in [1.807, 2.05) is 0 Å². The summed E-state index contributed by atoms with van der Waals surface area (Å²) in [5.41, 5.74) is -1.66. The number of hydrogen-bond donors (Lipinski definition) is 1. The van der Waals surface area contributed by atoms with Gasteiger partial charge in [0, 0.05) is 18.5 Å². The van der Waals surface area contributed by atoms with Crippen LogP contribution in [0, 0.1) is 0 Å². The number of ether oxygens (including phenoxy) is 2. The van der Waals surface area contributed by atoms with Gasteiger partial charge in [-0.05, 0) is 19.8 Å². The zero-order chi connectivity index (χ0) is 18.0. The van der Waals surface area contributed by atoms with Crippen LogP contribution in [0.5, 0.6) is 0 Å². The molecule has 1 unspecified atom stereocenters. The normalized spacial score (nSPS) is 17.2. The molecule has 6 heteroatoms. The molecule has 1 saturated carbocycles. The molecule has 0 heterocycles. The predicted molar refractivity (Wildman–Crippen MR) is 90.1 cm³/mol. The fourth-order valence-electron chi connectivity index (χ4n) is 2.85. The summed E-state index contributed by atoms with van der Waals surface area (Å²) in [6.07, 6.45) is 7.09. The molecule has 1 aliphatic rings. The third-order valence-corrected chi connectivity index (χ3v) is 4.03. The first-order valence-electron chi connectivity index (χ1n) is 8.40. The van der Waals surface area contributed by atoms with Gasteiger partial charge in [0.25, 0.3) is 5.91 Å². The van der Waals surface area contributed by atoms with E-state index in [-0.39, 0.29) is 25.5 Å². The van der Waals surface area contributed by atoms with Crippen LogP contribution < -0.4 is 5.32 Å². The zero-order valence-electron chi connectivity index (χ0n) is 14.3. The summed E-state index contributed by atoms with van der Waals surface area (Å²) in [4.78, 5) is 36.5. The maximum atomic E-state index is 12.8. The van der Waals surface area contributed by atoms with Gasteiger partial charge in [-0.1, -0.05) is 31.9 Å². The monoisotopic (exact) mass is 337 g/mol. The van der Waals surface area contributed by atoms with Gasteiger partial charge in [-0.3, -0.25) is 9.59 Å². The topological polar surface area (TPSA) is 81.7 Å². The Hall–Kier alpha value is -2.11. The third-order valence-electron chi connectivity index (χ3n) is 4.03. The standard InChI is InChI=1S/C18H27NO5/c1-4-12-18(24-15(20)5-2,13-16(21)23-6-3)17(22)19-14-10-8-7-9-11-14/h4-5,14H,1-2,6-13H2,3H3,(H,19,22). The molecule has 0 saturated heterocycles. The first kappa shape index (κ1) is 19.9. The number of carbonyl (C=O) groups is 3. The quantitative estimate of drug-likeness (QED) is 0.397. The Balaban J connectivity index is 2.98. The van der Waals surface area contributed by atoms with Crippen LogP contribution in [0.1, 0.15) is 51.9 Å². The largest absolute Gasteiger partial charge is 0.466 e. The molecule has 24 heavy (non-hydrogen) atoms. The van der Waals surface area contributed by atoms with Gasteiger partial charge in [0.1, 0.15) is 0 Å². The van der Waals surface area contributed by atoms with Crippen LogP contribution in [0.3, 0.4) is 0 Å². The third kappa shape index (κ3) is 5.83. The smallest absolute Gasteiger partial charge is 0.331 e. The first-order chi connectivity index (χ1) is 11.5. The summed E-state index contributed by atoms with van der Waals surface area (Å²) >= 11 is 0. The van der Waals surface area contributed by atoms with Crippen LogP contribution in [0.25, 0.3) is 0 Å². The van der Waals surface area contributed by atoms with Crippen molar-refractivity contribution in [3.63, 3.8) is 0 Å². The summed E-state index contributed by atoms with van der Waals surface area (Å²) in [6.45, 7) is 8.81. The van der Waals surface area contributed by atoms with E-state index in [2.05, 4.69) is 18.5 Å². The van der Waals surface area contributed by atoms with Crippen LogP contribution in [-0.2, 0) is 23.9 Å². The van der Waals surface area contributed by atoms with Crippen molar-refractivity contribution < 1.29 is 23.9 Å². The summed E-state index contributed by atoms with van der Waals surface area (Å²) in [5.74, 6) is -1.85. The minimum Gasteiger partial charge on any atom is -0.466 e. The molecule has 1 amide bonds. The van der Waals surface area contributed by atoms with E-state index < -0.39 is 23.4 Å². The lowest BCUT2D eigenvalue weighted by molar-refractivity contribution is -0.171. The molecule has 1 atom stereocenters. The fraction of sp³-hybridized carbons (Fsp3) is 0.611. The first-order valence-corrected chi connectivity index (χ1v) is 8.40. The van der Waals surface area contributed by atoms with E-state index in [0.29, 0.717) is 0 Å². The minimum absolute atomic E-state index is 0.0178. The second kappa shape index (κ2) is 9.90. The Labute approximate surface area is 143 Å². The second-order valence-corrected chi connectivity index (χ2v) is 5.90. The summed E-state index contributed by atoms with van der Waals surface area (Å²) in [5, 5.41) is 2.92. The SMILES string of the molecule is C=CCC(CC(=O)OCC)(OC(=O)C=C)C(=O)NC1CCCCC1. The molecule has 0 bridgehead atoms. The molecule has 0 aliphatic heterocycles. The average Bonchev–Trinajstić information content (AvgIpc) is 2.55. The molecule has 0 aromatic carbocycles. The average molecular weight is 337 g/mol. The van der Waals surface area contributed by atoms with Gasteiger partial charge in [-0.25, -0.2) is 4.79 Å². The highest BCUT2D eigenvalue weighted by Crippen LogP contribution is 2.26. The number of hydrogen-bond acceptors (Lipinski definition) is 5. The van der Waals surface area contributed by atoms with E-state index in [4.69, 9.17) is 9.47 Å². The van der Waals surface area contributed by atoms with E-state index in [1.165, 1.54) is 6.08 Å². The predicted octanol–water partition coefficient (Wildman–Crippen LogP) is 2.43. The molecular formula is C18H27NO5. The Kier molecular flexibility index (Phi) is 8.22. The summed E-state index contributed by atoms with van der Waals surface area (Å²) < 4.78 is 10.2. The highest BCUT2D eigenvalue weighted by atomic mass is 16.6. The molecule has 1 rings (SSSR count). The Morgan fingerprint density at radius 1 is 1.21 bits per heavy atom. The Morgan fingerprint density at radius 2 is 1.88 bits per heavy atom. The highest BCUT2D eigenvalue weighted by molar-refractivity contribution is 5.93. The van der Waals surface area contributed by atoms with E-state index in [0.717, 1.165) is 38.2 Å². The molecule has 1 aliphatic carbocycles. The molecule has 6 nitrogen and oxygen atoms in total. The van der Waals surface area contributed by atoms with Crippen molar-refractivity contribution in [2.75, 3.05) is 6.61 Å². The van der Waals surface area contributed by atoms with Crippen molar-refractivity contribution in [2.24, 2.45) is 0 Å². The molecule has 1 N–H and O–H groups in total. The van der Waals surface area contributed by atoms with Crippen molar-refractivity contribution in [1.82, 2.24) is 5.32 Å². The summed E-state index contributed by atoms with van der Waals surface area (Å²) in [7, 11) is 0. The van der Waals surface area contributed by atoms with Gasteiger partial charge in [0.05, 0.1) is 13.0 Å². The van der Waals surface area contributed by atoms with Crippen molar-refractivity contribution >= 4 is 17.8 Å².